The van der Waals surface area contributed by atoms with Crippen molar-refractivity contribution in [3.8, 4) is 0 Å². The Labute approximate surface area is 128 Å². The lowest BCUT2D eigenvalue weighted by atomic mass is 9.84. The van der Waals surface area contributed by atoms with Gasteiger partial charge in [0, 0.05) is 18.0 Å². The van der Waals surface area contributed by atoms with Gasteiger partial charge in [-0.15, -0.1) is 0 Å². The molecule has 0 fully saturated rings. The summed E-state index contributed by atoms with van der Waals surface area (Å²) in [4.78, 5) is 10.6. The highest BCUT2D eigenvalue weighted by atomic mass is 35.5. The number of nitrogens with zero attached hydrogens (tertiary/aromatic N) is 1. The van der Waals surface area contributed by atoms with Crippen LogP contribution in [0.2, 0.25) is 5.02 Å². The summed E-state index contributed by atoms with van der Waals surface area (Å²) in [5.74, 6) is 0. The van der Waals surface area contributed by atoms with Crippen LogP contribution in [-0.2, 0) is 5.41 Å². The molecule has 0 atom stereocenters. The first-order valence-corrected chi connectivity index (χ1v) is 7.02. The Kier molecular flexibility index (Phi) is 4.48. The summed E-state index contributed by atoms with van der Waals surface area (Å²) in [5, 5.41) is 14.6. The minimum atomic E-state index is -0.427. The third-order valence-corrected chi connectivity index (χ3v) is 3.77. The third-order valence-electron chi connectivity index (χ3n) is 3.45. The number of nitro groups is 1. The van der Waals surface area contributed by atoms with Gasteiger partial charge >= 0.3 is 0 Å². The van der Waals surface area contributed by atoms with Crippen molar-refractivity contribution in [3.63, 3.8) is 0 Å². The second-order valence-electron chi connectivity index (χ2n) is 5.49. The molecule has 0 aliphatic carbocycles. The van der Waals surface area contributed by atoms with Crippen molar-refractivity contribution in [2.75, 3.05) is 11.9 Å². The van der Waals surface area contributed by atoms with Gasteiger partial charge in [-0.05, 0) is 11.6 Å². The minimum absolute atomic E-state index is 0.00800. The Bertz CT molecular complexity index is 642. The van der Waals surface area contributed by atoms with Crippen molar-refractivity contribution in [2.45, 2.75) is 19.3 Å². The number of benzene rings is 2. The maximum absolute atomic E-state index is 11.1. The molecule has 0 bridgehead atoms. The molecule has 1 N–H and O–H groups in total. The molecule has 2 aromatic rings. The predicted molar refractivity (Wildman–Crippen MR) is 86.1 cm³/mol. The van der Waals surface area contributed by atoms with Crippen LogP contribution in [0.4, 0.5) is 11.4 Å². The first-order chi connectivity index (χ1) is 9.92. The average molecular weight is 305 g/mol. The molecule has 0 unspecified atom stereocenters. The second kappa shape index (κ2) is 6.14. The van der Waals surface area contributed by atoms with Crippen molar-refractivity contribution in [2.24, 2.45) is 0 Å². The van der Waals surface area contributed by atoms with Crippen LogP contribution in [0.15, 0.2) is 48.5 Å². The van der Waals surface area contributed by atoms with Crippen LogP contribution in [0.5, 0.6) is 0 Å². The summed E-state index contributed by atoms with van der Waals surface area (Å²) in [6.45, 7) is 4.71. The second-order valence-corrected chi connectivity index (χ2v) is 5.90. The molecular weight excluding hydrogens is 288 g/mol. The van der Waals surface area contributed by atoms with Gasteiger partial charge in [0.15, 0.2) is 0 Å². The van der Waals surface area contributed by atoms with Gasteiger partial charge in [0.1, 0.15) is 5.69 Å². The van der Waals surface area contributed by atoms with E-state index in [1.165, 1.54) is 6.07 Å². The zero-order chi connectivity index (χ0) is 15.5. The van der Waals surface area contributed by atoms with E-state index in [0.29, 0.717) is 17.3 Å². The average Bonchev–Trinajstić information content (AvgIpc) is 2.46. The quantitative estimate of drug-likeness (QED) is 0.647. The standard InChI is InChI=1S/C16H17ClN2O2/c1-16(2,12-7-4-3-5-8-12)11-18-15-13(17)9-6-10-14(15)19(20)21/h3-10,18H,11H2,1-2H3. The van der Waals surface area contributed by atoms with Crippen LogP contribution >= 0.6 is 11.6 Å². The highest BCUT2D eigenvalue weighted by Crippen LogP contribution is 2.33. The van der Waals surface area contributed by atoms with Gasteiger partial charge in [0.2, 0.25) is 0 Å². The van der Waals surface area contributed by atoms with Gasteiger partial charge < -0.3 is 5.32 Å². The molecule has 2 aromatic carbocycles. The highest BCUT2D eigenvalue weighted by Gasteiger charge is 2.23. The Hall–Kier alpha value is -2.07. The fourth-order valence-corrected chi connectivity index (χ4v) is 2.38. The zero-order valence-electron chi connectivity index (χ0n) is 12.0. The van der Waals surface area contributed by atoms with Crippen LogP contribution in [0.25, 0.3) is 0 Å². The van der Waals surface area contributed by atoms with E-state index in [1.54, 1.807) is 12.1 Å². The Morgan fingerprint density at radius 2 is 1.81 bits per heavy atom. The van der Waals surface area contributed by atoms with Gasteiger partial charge in [-0.25, -0.2) is 0 Å². The van der Waals surface area contributed by atoms with Crippen LogP contribution in [0.3, 0.4) is 0 Å². The summed E-state index contributed by atoms with van der Waals surface area (Å²) in [5.41, 5.74) is 1.35. The molecule has 0 spiro atoms. The van der Waals surface area contributed by atoms with Crippen LogP contribution in [0, 0.1) is 10.1 Å². The predicted octanol–water partition coefficient (Wildman–Crippen LogP) is 4.64. The van der Waals surface area contributed by atoms with Crippen LogP contribution in [-0.4, -0.2) is 11.5 Å². The summed E-state index contributed by atoms with van der Waals surface area (Å²) in [6, 6.07) is 14.7. The van der Waals surface area contributed by atoms with Gasteiger partial charge in [0.05, 0.1) is 9.95 Å². The summed E-state index contributed by atoms with van der Waals surface area (Å²) < 4.78 is 0. The molecule has 110 valence electrons. The van der Waals surface area contributed by atoms with Crippen LogP contribution in [0.1, 0.15) is 19.4 Å². The smallest absolute Gasteiger partial charge is 0.293 e. The number of anilines is 1. The van der Waals surface area contributed by atoms with E-state index >= 15 is 0 Å². The summed E-state index contributed by atoms with van der Waals surface area (Å²) >= 11 is 6.08. The number of hydrogen-bond donors (Lipinski definition) is 1. The van der Waals surface area contributed by atoms with Crippen molar-refractivity contribution >= 4 is 23.0 Å². The first kappa shape index (κ1) is 15.3. The molecule has 0 aliphatic rings. The summed E-state index contributed by atoms with van der Waals surface area (Å²) in [6.07, 6.45) is 0. The lowest BCUT2D eigenvalue weighted by molar-refractivity contribution is -0.383. The topological polar surface area (TPSA) is 55.2 Å². The number of rotatable bonds is 5. The number of hydrogen-bond acceptors (Lipinski definition) is 3. The molecule has 2 rings (SSSR count). The van der Waals surface area contributed by atoms with Gasteiger partial charge in [-0.2, -0.15) is 0 Å². The Balaban J connectivity index is 2.22. The molecule has 0 aliphatic heterocycles. The molecular formula is C16H17ClN2O2. The van der Waals surface area contributed by atoms with Crippen molar-refractivity contribution in [1.82, 2.24) is 0 Å². The van der Waals surface area contributed by atoms with Crippen molar-refractivity contribution in [1.29, 1.82) is 0 Å². The van der Waals surface area contributed by atoms with Gasteiger partial charge in [-0.3, -0.25) is 10.1 Å². The molecule has 0 amide bonds. The largest absolute Gasteiger partial charge is 0.377 e. The lowest BCUT2D eigenvalue weighted by Crippen LogP contribution is -2.27. The van der Waals surface area contributed by atoms with Crippen LogP contribution < -0.4 is 5.32 Å². The number of nitro benzene ring substituents is 1. The third kappa shape index (κ3) is 3.52. The normalized spacial score (nSPS) is 11.2. The lowest BCUT2D eigenvalue weighted by Gasteiger charge is -2.26. The minimum Gasteiger partial charge on any atom is -0.377 e. The SMILES string of the molecule is CC(C)(CNc1c(Cl)cccc1[N+](=O)[O-])c1ccccc1. The van der Waals surface area contributed by atoms with Gasteiger partial charge in [-0.1, -0.05) is 61.8 Å². The maximum Gasteiger partial charge on any atom is 0.293 e. The molecule has 21 heavy (non-hydrogen) atoms. The van der Waals surface area contributed by atoms with E-state index in [2.05, 4.69) is 19.2 Å². The van der Waals surface area contributed by atoms with Gasteiger partial charge in [0.25, 0.3) is 5.69 Å². The van der Waals surface area contributed by atoms with E-state index in [0.717, 1.165) is 5.56 Å². The van der Waals surface area contributed by atoms with E-state index in [-0.39, 0.29) is 11.1 Å². The fourth-order valence-electron chi connectivity index (χ4n) is 2.14. The molecule has 0 aromatic heterocycles. The van der Waals surface area contributed by atoms with E-state index in [4.69, 9.17) is 11.6 Å². The molecule has 0 radical (unpaired) electrons. The zero-order valence-corrected chi connectivity index (χ0v) is 12.7. The number of para-hydroxylation sites is 1. The Morgan fingerprint density at radius 1 is 1.14 bits per heavy atom. The molecule has 0 saturated carbocycles. The van der Waals surface area contributed by atoms with E-state index in [1.807, 2.05) is 30.3 Å². The monoisotopic (exact) mass is 304 g/mol. The molecule has 5 heteroatoms. The number of halogens is 1. The van der Waals surface area contributed by atoms with E-state index < -0.39 is 4.92 Å². The summed E-state index contributed by atoms with van der Waals surface area (Å²) in [7, 11) is 0. The molecule has 0 heterocycles. The maximum atomic E-state index is 11.1. The van der Waals surface area contributed by atoms with E-state index in [9.17, 15) is 10.1 Å². The molecule has 0 saturated heterocycles. The van der Waals surface area contributed by atoms with Crippen molar-refractivity contribution < 1.29 is 4.92 Å². The highest BCUT2D eigenvalue weighted by molar-refractivity contribution is 6.33. The first-order valence-electron chi connectivity index (χ1n) is 6.64. The Morgan fingerprint density at radius 3 is 2.43 bits per heavy atom. The number of nitrogens with one attached hydrogen (secondary N) is 1. The molecule has 4 nitrogen and oxygen atoms in total. The fraction of sp³-hybridized carbons (Fsp3) is 0.250. The van der Waals surface area contributed by atoms with Crippen molar-refractivity contribution in [3.05, 3.63) is 69.2 Å².